The zero-order valence-electron chi connectivity index (χ0n) is 12.5. The molecule has 0 radical (unpaired) electrons. The average Bonchev–Trinajstić information content (AvgIpc) is 2.78. The molecule has 1 aromatic rings. The molecule has 1 aromatic carbocycles. The number of hydrogen-bond donors (Lipinski definition) is 1. The first kappa shape index (κ1) is 18.9. The lowest BCUT2D eigenvalue weighted by Crippen LogP contribution is -2.34. The van der Waals surface area contributed by atoms with Crippen molar-refractivity contribution in [3.05, 3.63) is 27.7 Å². The van der Waals surface area contributed by atoms with Gasteiger partial charge in [0.05, 0.1) is 4.90 Å². The van der Waals surface area contributed by atoms with Crippen LogP contribution in [0.1, 0.15) is 24.5 Å². The van der Waals surface area contributed by atoms with E-state index in [0.717, 1.165) is 22.0 Å². The van der Waals surface area contributed by atoms with E-state index in [9.17, 15) is 8.42 Å². The lowest BCUT2D eigenvalue weighted by atomic mass is 9.90. The molecule has 1 saturated heterocycles. The largest absolute Gasteiger partial charge is 0.330 e. The number of halogens is 2. The molecule has 21 heavy (non-hydrogen) atoms. The third-order valence-electron chi connectivity index (χ3n) is 4.09. The van der Waals surface area contributed by atoms with Gasteiger partial charge < -0.3 is 5.73 Å². The van der Waals surface area contributed by atoms with Crippen LogP contribution in [-0.4, -0.2) is 32.4 Å². The second-order valence-corrected chi connectivity index (χ2v) is 8.73. The van der Waals surface area contributed by atoms with Crippen LogP contribution in [0.5, 0.6) is 0 Å². The third kappa shape index (κ3) is 3.62. The quantitative estimate of drug-likeness (QED) is 0.853. The molecule has 1 aliphatic heterocycles. The molecule has 2 N–H and O–H groups in total. The summed E-state index contributed by atoms with van der Waals surface area (Å²) in [4.78, 5) is 0.402. The minimum atomic E-state index is -3.43. The highest BCUT2D eigenvalue weighted by Gasteiger charge is 2.39. The summed E-state index contributed by atoms with van der Waals surface area (Å²) in [5, 5.41) is 0. The molecule has 1 fully saturated rings. The highest BCUT2D eigenvalue weighted by molar-refractivity contribution is 9.10. The van der Waals surface area contributed by atoms with E-state index in [0.29, 0.717) is 24.5 Å². The topological polar surface area (TPSA) is 63.4 Å². The Bertz CT molecular complexity index is 636. The molecule has 0 spiro atoms. The summed E-state index contributed by atoms with van der Waals surface area (Å²) < 4.78 is 28.1. The van der Waals surface area contributed by atoms with E-state index < -0.39 is 10.0 Å². The molecule has 0 aliphatic carbocycles. The van der Waals surface area contributed by atoms with Crippen LogP contribution in [0.25, 0.3) is 0 Å². The second kappa shape index (κ2) is 6.54. The van der Waals surface area contributed by atoms with Crippen molar-refractivity contribution >= 4 is 38.4 Å². The summed E-state index contributed by atoms with van der Waals surface area (Å²) in [6.07, 6.45) is 0.817. The van der Waals surface area contributed by atoms with Gasteiger partial charge >= 0.3 is 0 Å². The van der Waals surface area contributed by atoms with Crippen LogP contribution in [0.3, 0.4) is 0 Å². The van der Waals surface area contributed by atoms with Gasteiger partial charge in [0.25, 0.3) is 0 Å². The zero-order chi connectivity index (χ0) is 15.1. The van der Waals surface area contributed by atoms with Crippen LogP contribution >= 0.6 is 28.3 Å². The SMILES string of the molecule is Cc1cc(S(=O)(=O)N2CCC(C)(CN)C2)c(C)cc1Br.Cl. The summed E-state index contributed by atoms with van der Waals surface area (Å²) >= 11 is 3.43. The predicted octanol–water partition coefficient (Wildman–Crippen LogP) is 2.85. The van der Waals surface area contributed by atoms with Crippen LogP contribution in [0.15, 0.2) is 21.5 Å². The Kier molecular flexibility index (Phi) is 5.89. The summed E-state index contributed by atoms with van der Waals surface area (Å²) in [7, 11) is -3.43. The molecular formula is C14H22BrClN2O2S. The lowest BCUT2D eigenvalue weighted by Gasteiger charge is -2.23. The van der Waals surface area contributed by atoms with Gasteiger partial charge in [0.1, 0.15) is 0 Å². The Morgan fingerprint density at radius 1 is 1.33 bits per heavy atom. The first-order valence-electron chi connectivity index (χ1n) is 6.67. The monoisotopic (exact) mass is 396 g/mol. The van der Waals surface area contributed by atoms with Gasteiger partial charge in [-0.15, -0.1) is 12.4 Å². The maximum Gasteiger partial charge on any atom is 0.243 e. The highest BCUT2D eigenvalue weighted by atomic mass is 79.9. The molecule has 0 amide bonds. The summed E-state index contributed by atoms with van der Waals surface area (Å²) in [6.45, 7) is 7.33. The highest BCUT2D eigenvalue weighted by Crippen LogP contribution is 2.34. The molecule has 2 rings (SSSR count). The molecular weight excluding hydrogens is 376 g/mol. The first-order valence-corrected chi connectivity index (χ1v) is 8.90. The fourth-order valence-electron chi connectivity index (χ4n) is 2.52. The van der Waals surface area contributed by atoms with Gasteiger partial charge in [-0.05, 0) is 55.5 Å². The van der Waals surface area contributed by atoms with E-state index in [-0.39, 0.29) is 17.8 Å². The van der Waals surface area contributed by atoms with Crippen molar-refractivity contribution in [2.75, 3.05) is 19.6 Å². The molecule has 120 valence electrons. The first-order chi connectivity index (χ1) is 9.19. The minimum Gasteiger partial charge on any atom is -0.330 e. The van der Waals surface area contributed by atoms with Crippen LogP contribution in [0, 0.1) is 19.3 Å². The summed E-state index contributed by atoms with van der Waals surface area (Å²) in [6, 6.07) is 3.60. The zero-order valence-corrected chi connectivity index (χ0v) is 15.7. The van der Waals surface area contributed by atoms with Gasteiger partial charge in [-0.25, -0.2) is 8.42 Å². The molecule has 1 aliphatic rings. The van der Waals surface area contributed by atoms with Crippen LogP contribution in [0.2, 0.25) is 0 Å². The standard InChI is InChI=1S/C14H21BrN2O2S.ClH/c1-10-7-13(11(2)6-12(10)15)20(18,19)17-5-4-14(3,8-16)9-17;/h6-7H,4-5,8-9,16H2,1-3H3;1H. The Morgan fingerprint density at radius 2 is 1.95 bits per heavy atom. The van der Waals surface area contributed by atoms with Crippen molar-refractivity contribution in [3.8, 4) is 0 Å². The minimum absolute atomic E-state index is 0. The summed E-state index contributed by atoms with van der Waals surface area (Å²) in [5.74, 6) is 0. The van der Waals surface area contributed by atoms with E-state index in [1.807, 2.05) is 26.8 Å². The maximum absolute atomic E-state index is 12.8. The Labute approximate surface area is 141 Å². The maximum atomic E-state index is 12.8. The van der Waals surface area contributed by atoms with E-state index in [1.165, 1.54) is 0 Å². The van der Waals surface area contributed by atoms with E-state index in [2.05, 4.69) is 15.9 Å². The van der Waals surface area contributed by atoms with Crippen molar-refractivity contribution < 1.29 is 8.42 Å². The fraction of sp³-hybridized carbons (Fsp3) is 0.571. The van der Waals surface area contributed by atoms with Crippen molar-refractivity contribution in [1.82, 2.24) is 4.31 Å². The number of rotatable bonds is 3. The van der Waals surface area contributed by atoms with Crippen molar-refractivity contribution in [2.24, 2.45) is 11.1 Å². The van der Waals surface area contributed by atoms with Crippen LogP contribution in [-0.2, 0) is 10.0 Å². The van der Waals surface area contributed by atoms with Crippen molar-refractivity contribution in [1.29, 1.82) is 0 Å². The number of benzene rings is 1. The van der Waals surface area contributed by atoms with Crippen LogP contribution < -0.4 is 5.73 Å². The molecule has 0 saturated carbocycles. The van der Waals surface area contributed by atoms with Gasteiger partial charge in [-0.2, -0.15) is 4.31 Å². The Hall–Kier alpha value is -0.140. The van der Waals surface area contributed by atoms with E-state index in [4.69, 9.17) is 5.73 Å². The lowest BCUT2D eigenvalue weighted by molar-refractivity contribution is 0.349. The molecule has 1 heterocycles. The van der Waals surface area contributed by atoms with E-state index in [1.54, 1.807) is 10.4 Å². The predicted molar refractivity (Wildman–Crippen MR) is 91.4 cm³/mol. The van der Waals surface area contributed by atoms with Crippen LogP contribution in [0.4, 0.5) is 0 Å². The molecule has 4 nitrogen and oxygen atoms in total. The number of nitrogens with two attached hydrogens (primary N) is 1. The average molecular weight is 398 g/mol. The van der Waals surface area contributed by atoms with Crippen molar-refractivity contribution in [2.45, 2.75) is 32.1 Å². The summed E-state index contributed by atoms with van der Waals surface area (Å²) in [5.41, 5.74) is 7.35. The normalized spacial score (nSPS) is 23.1. The molecule has 1 unspecified atom stereocenters. The Balaban J connectivity index is 0.00000220. The smallest absolute Gasteiger partial charge is 0.243 e. The van der Waals surface area contributed by atoms with Gasteiger partial charge in [0, 0.05) is 17.6 Å². The molecule has 1 atom stereocenters. The number of nitrogens with zero attached hydrogens (tertiary/aromatic N) is 1. The number of hydrogen-bond acceptors (Lipinski definition) is 3. The molecule has 0 aromatic heterocycles. The third-order valence-corrected chi connectivity index (χ3v) is 6.93. The van der Waals surface area contributed by atoms with Gasteiger partial charge in [0.15, 0.2) is 0 Å². The van der Waals surface area contributed by atoms with Crippen molar-refractivity contribution in [3.63, 3.8) is 0 Å². The number of sulfonamides is 1. The number of aryl methyl sites for hydroxylation is 2. The molecule has 0 bridgehead atoms. The van der Waals surface area contributed by atoms with Gasteiger partial charge in [-0.1, -0.05) is 22.9 Å². The van der Waals surface area contributed by atoms with Gasteiger partial charge in [0.2, 0.25) is 10.0 Å². The Morgan fingerprint density at radius 3 is 2.48 bits per heavy atom. The second-order valence-electron chi connectivity index (χ2n) is 5.97. The molecule has 7 heteroatoms. The van der Waals surface area contributed by atoms with Gasteiger partial charge in [-0.3, -0.25) is 0 Å². The fourth-order valence-corrected chi connectivity index (χ4v) is 4.86. The van der Waals surface area contributed by atoms with E-state index >= 15 is 0 Å².